The normalized spacial score (nSPS) is 26.0. The first-order valence-corrected chi connectivity index (χ1v) is 16.5. The van der Waals surface area contributed by atoms with Crippen LogP contribution in [0.1, 0.15) is 39.2 Å². The number of pyridine rings is 1. The number of halogens is 2. The van der Waals surface area contributed by atoms with E-state index in [1.54, 1.807) is 18.2 Å². The molecule has 4 aliphatic heterocycles. The van der Waals surface area contributed by atoms with Gasteiger partial charge in [0, 0.05) is 54.6 Å². The summed E-state index contributed by atoms with van der Waals surface area (Å²) >= 11 is 0. The molecular weight excluding hydrogens is 602 g/mol. The maximum atomic E-state index is 17.0. The van der Waals surface area contributed by atoms with Crippen LogP contribution in [0.2, 0.25) is 0 Å². The molecule has 0 aliphatic carbocycles. The molecule has 0 amide bonds. The average molecular weight is 641 g/mol. The molecule has 2 bridgehead atoms. The molecular formula is C36H38F2N6O3. The van der Waals surface area contributed by atoms with Crippen molar-refractivity contribution in [1.82, 2.24) is 25.2 Å². The summed E-state index contributed by atoms with van der Waals surface area (Å²) in [6.07, 6.45) is 7.54. The predicted octanol–water partition coefficient (Wildman–Crippen LogP) is 4.93. The van der Waals surface area contributed by atoms with Crippen LogP contribution < -0.4 is 19.7 Å². The number of piperazine rings is 1. The lowest BCUT2D eigenvalue weighted by atomic mass is 9.96. The number of benzene rings is 2. The lowest BCUT2D eigenvalue weighted by Gasteiger charge is -2.42. The second-order valence-corrected chi connectivity index (χ2v) is 13.5. The van der Waals surface area contributed by atoms with Crippen LogP contribution in [-0.4, -0.2) is 89.6 Å². The quantitative estimate of drug-likeness (QED) is 0.295. The van der Waals surface area contributed by atoms with Gasteiger partial charge in [-0.1, -0.05) is 37.1 Å². The monoisotopic (exact) mass is 640 g/mol. The standard InChI is InChI=1S/C36H38F2N6O3/c1-5-24-26(37)11-9-22-7-6-8-25(28(22)24)31-30(38)32-29-34(42-36(41-32)46-17-19(2)15-43-13-14-45-18-20(43)3)44-16-23-10-12-27(39-23)33(44)21(4)47-35(29)40-31/h1,6-9,11,19-21,23,27,33,39H,10,12-18H2,2-4H3/t19-,20-,21+,23-,27+,33-/m1/s1. The van der Waals surface area contributed by atoms with Crippen LogP contribution in [0.5, 0.6) is 11.9 Å². The zero-order chi connectivity index (χ0) is 32.4. The van der Waals surface area contributed by atoms with Crippen molar-refractivity contribution in [3.05, 3.63) is 47.5 Å². The summed E-state index contributed by atoms with van der Waals surface area (Å²) < 4.78 is 50.4. The van der Waals surface area contributed by atoms with Crippen LogP contribution in [0.25, 0.3) is 32.9 Å². The van der Waals surface area contributed by atoms with Gasteiger partial charge in [0.25, 0.3) is 0 Å². The van der Waals surface area contributed by atoms with E-state index in [2.05, 4.69) is 39.9 Å². The number of terminal acetylenes is 1. The molecule has 0 saturated carbocycles. The predicted molar refractivity (Wildman–Crippen MR) is 176 cm³/mol. The number of rotatable bonds is 6. The van der Waals surface area contributed by atoms with Crippen molar-refractivity contribution in [3.63, 3.8) is 0 Å². The highest BCUT2D eigenvalue weighted by Gasteiger charge is 2.47. The van der Waals surface area contributed by atoms with Gasteiger partial charge in [0.1, 0.15) is 34.3 Å². The van der Waals surface area contributed by atoms with E-state index >= 15 is 4.39 Å². The molecule has 9 nitrogen and oxygen atoms in total. The minimum atomic E-state index is -0.667. The van der Waals surface area contributed by atoms with E-state index < -0.39 is 11.6 Å². The van der Waals surface area contributed by atoms with Crippen molar-refractivity contribution in [2.45, 2.75) is 63.9 Å². The number of anilines is 1. The van der Waals surface area contributed by atoms with Crippen molar-refractivity contribution in [3.8, 4) is 35.5 Å². The number of nitrogens with zero attached hydrogens (tertiary/aromatic N) is 5. The first kappa shape index (κ1) is 30.2. The minimum absolute atomic E-state index is 0.0165. The second kappa shape index (κ2) is 11.8. The molecule has 244 valence electrons. The molecule has 47 heavy (non-hydrogen) atoms. The van der Waals surface area contributed by atoms with E-state index in [1.807, 2.05) is 13.0 Å². The number of fused-ring (bicyclic) bond motifs is 6. The smallest absolute Gasteiger partial charge is 0.319 e. The van der Waals surface area contributed by atoms with Crippen molar-refractivity contribution in [2.24, 2.45) is 5.92 Å². The maximum Gasteiger partial charge on any atom is 0.319 e. The molecule has 6 heterocycles. The minimum Gasteiger partial charge on any atom is -0.472 e. The fourth-order valence-electron chi connectivity index (χ4n) is 7.93. The second-order valence-electron chi connectivity index (χ2n) is 13.5. The molecule has 4 aliphatic rings. The molecule has 0 spiro atoms. The van der Waals surface area contributed by atoms with Crippen molar-refractivity contribution in [2.75, 3.05) is 44.4 Å². The van der Waals surface area contributed by atoms with Gasteiger partial charge in [0.15, 0.2) is 5.82 Å². The van der Waals surface area contributed by atoms with Crippen LogP contribution >= 0.6 is 0 Å². The summed E-state index contributed by atoms with van der Waals surface area (Å²) in [6.45, 7) is 10.5. The van der Waals surface area contributed by atoms with Gasteiger partial charge in [-0.25, -0.2) is 13.8 Å². The molecule has 8 rings (SSSR count). The summed E-state index contributed by atoms with van der Waals surface area (Å²) in [5.41, 5.74) is 0.446. The average Bonchev–Trinajstić information content (AvgIpc) is 3.39. The Kier molecular flexibility index (Phi) is 7.62. The third-order valence-corrected chi connectivity index (χ3v) is 10.2. The third-order valence-electron chi connectivity index (χ3n) is 10.2. The van der Waals surface area contributed by atoms with Crippen molar-refractivity contribution < 1.29 is 23.0 Å². The Morgan fingerprint density at radius 3 is 2.83 bits per heavy atom. The van der Waals surface area contributed by atoms with Crippen LogP contribution in [0.4, 0.5) is 14.6 Å². The highest BCUT2D eigenvalue weighted by atomic mass is 19.1. The van der Waals surface area contributed by atoms with Crippen molar-refractivity contribution >= 4 is 27.5 Å². The van der Waals surface area contributed by atoms with Gasteiger partial charge in [-0.3, -0.25) is 4.90 Å². The zero-order valence-electron chi connectivity index (χ0n) is 26.8. The SMILES string of the molecule is C#Cc1c(F)ccc2cccc(-c3nc4c5c(nc(OC[C@H](C)CN6CCOC[C@H]6C)nc5c3F)N3C[C@H]5CC[C@H](N5)[C@H]3[C@H](C)O4)c12. The number of hydrogen-bond acceptors (Lipinski definition) is 9. The molecule has 11 heteroatoms. The molecule has 4 aromatic rings. The zero-order valence-corrected chi connectivity index (χ0v) is 26.8. The molecule has 0 radical (unpaired) electrons. The molecule has 2 aromatic heterocycles. The Balaban J connectivity index is 1.27. The van der Waals surface area contributed by atoms with Gasteiger partial charge in [-0.05, 0) is 38.1 Å². The highest BCUT2D eigenvalue weighted by Crippen LogP contribution is 2.45. The van der Waals surface area contributed by atoms with E-state index in [0.717, 1.165) is 25.9 Å². The van der Waals surface area contributed by atoms with Gasteiger partial charge < -0.3 is 24.4 Å². The number of aromatic nitrogens is 3. The Morgan fingerprint density at radius 2 is 2.00 bits per heavy atom. The Hall–Kier alpha value is -4.11. The molecule has 1 N–H and O–H groups in total. The molecule has 0 unspecified atom stereocenters. The summed E-state index contributed by atoms with van der Waals surface area (Å²) in [4.78, 5) is 19.0. The van der Waals surface area contributed by atoms with E-state index in [9.17, 15) is 4.39 Å². The molecule has 6 atom stereocenters. The van der Waals surface area contributed by atoms with Crippen LogP contribution in [-0.2, 0) is 4.74 Å². The molecule has 3 fully saturated rings. The maximum absolute atomic E-state index is 17.0. The topological polar surface area (TPSA) is 84.9 Å². The van der Waals surface area contributed by atoms with E-state index in [1.165, 1.54) is 6.07 Å². The Bertz CT molecular complexity index is 1920. The van der Waals surface area contributed by atoms with E-state index in [4.69, 9.17) is 30.6 Å². The summed E-state index contributed by atoms with van der Waals surface area (Å²) in [5.74, 6) is 2.21. The van der Waals surface area contributed by atoms with E-state index in [-0.39, 0.29) is 52.8 Å². The number of hydrogen-bond donors (Lipinski definition) is 1. The van der Waals surface area contributed by atoms with Crippen molar-refractivity contribution in [1.29, 1.82) is 0 Å². The molecule has 2 aromatic carbocycles. The van der Waals surface area contributed by atoms with Gasteiger partial charge in [0.05, 0.1) is 31.4 Å². The van der Waals surface area contributed by atoms with Gasteiger partial charge in [-0.2, -0.15) is 9.97 Å². The van der Waals surface area contributed by atoms with E-state index in [0.29, 0.717) is 66.0 Å². The number of morpholine rings is 1. The fourth-order valence-corrected chi connectivity index (χ4v) is 7.93. The summed E-state index contributed by atoms with van der Waals surface area (Å²) in [5, 5.41) is 5.22. The largest absolute Gasteiger partial charge is 0.472 e. The van der Waals surface area contributed by atoms with Crippen LogP contribution in [0, 0.1) is 29.9 Å². The Morgan fingerprint density at radius 1 is 1.13 bits per heavy atom. The summed E-state index contributed by atoms with van der Waals surface area (Å²) in [7, 11) is 0. The van der Waals surface area contributed by atoms with Gasteiger partial charge in [-0.15, -0.1) is 6.42 Å². The van der Waals surface area contributed by atoms with Crippen LogP contribution in [0.3, 0.4) is 0 Å². The Labute approximate surface area is 272 Å². The fraction of sp³-hybridized carbons (Fsp3) is 0.472. The lowest BCUT2D eigenvalue weighted by molar-refractivity contribution is -0.00910. The third kappa shape index (κ3) is 5.14. The van der Waals surface area contributed by atoms with Gasteiger partial charge >= 0.3 is 6.01 Å². The lowest BCUT2D eigenvalue weighted by Crippen LogP contribution is -2.62. The molecule has 3 saturated heterocycles. The number of ether oxygens (including phenoxy) is 3. The number of nitrogens with one attached hydrogen (secondary N) is 1. The highest BCUT2D eigenvalue weighted by molar-refractivity contribution is 6.03. The van der Waals surface area contributed by atoms with Gasteiger partial charge in [0.2, 0.25) is 5.88 Å². The first-order valence-electron chi connectivity index (χ1n) is 16.5. The first-order chi connectivity index (χ1) is 22.8. The van der Waals surface area contributed by atoms with Crippen LogP contribution in [0.15, 0.2) is 30.3 Å². The summed E-state index contributed by atoms with van der Waals surface area (Å²) in [6, 6.07) is 9.11.